The van der Waals surface area contributed by atoms with Crippen molar-refractivity contribution >= 4 is 23.5 Å². The van der Waals surface area contributed by atoms with Gasteiger partial charge >= 0.3 is 6.03 Å². The highest BCUT2D eigenvalue weighted by molar-refractivity contribution is 6.21. The summed E-state index contributed by atoms with van der Waals surface area (Å²) >= 11 is 0. The maximum atomic E-state index is 12.4. The largest absolute Gasteiger partial charge is 0.396 e. The van der Waals surface area contributed by atoms with Gasteiger partial charge in [-0.25, -0.2) is 4.79 Å². The van der Waals surface area contributed by atoms with Gasteiger partial charge in [-0.2, -0.15) is 0 Å². The third-order valence-electron chi connectivity index (χ3n) is 3.90. The maximum Gasteiger partial charge on any atom is 0.319 e. The average Bonchev–Trinajstić information content (AvgIpc) is 2.79. The molecule has 4 amide bonds. The van der Waals surface area contributed by atoms with Crippen molar-refractivity contribution in [3.8, 4) is 0 Å². The molecule has 0 bridgehead atoms. The number of nitrogens with one attached hydrogen (secondary N) is 2. The number of hydrogen-bond acceptors (Lipinski definition) is 4. The van der Waals surface area contributed by atoms with Gasteiger partial charge in [-0.05, 0) is 43.4 Å². The Bertz CT molecular complexity index is 658. The summed E-state index contributed by atoms with van der Waals surface area (Å²) in [5.41, 5.74) is 1.17. The van der Waals surface area contributed by atoms with E-state index in [1.54, 1.807) is 18.2 Å². The minimum absolute atomic E-state index is 0.155. The second-order valence-electron chi connectivity index (χ2n) is 6.54. The zero-order valence-electron chi connectivity index (χ0n) is 14.7. The standard InChI is InChI=1S/C18H25N3O4/c1-12(2)11-21-16(23)14-7-6-13(10-15(14)17(21)24)20-18(25)19-8-4-3-5-9-22/h6-7,10,12,22H,3-5,8-9,11H2,1-2H3,(H2,19,20,25). The highest BCUT2D eigenvalue weighted by Crippen LogP contribution is 2.26. The second kappa shape index (κ2) is 8.62. The van der Waals surface area contributed by atoms with Crippen molar-refractivity contribution in [1.82, 2.24) is 10.2 Å². The second-order valence-corrected chi connectivity index (χ2v) is 6.54. The summed E-state index contributed by atoms with van der Waals surface area (Å²) in [6, 6.07) is 4.38. The van der Waals surface area contributed by atoms with Gasteiger partial charge in [-0.3, -0.25) is 14.5 Å². The number of fused-ring (bicyclic) bond motifs is 1. The Balaban J connectivity index is 1.96. The van der Waals surface area contributed by atoms with E-state index in [0.717, 1.165) is 19.3 Å². The third-order valence-corrected chi connectivity index (χ3v) is 3.90. The van der Waals surface area contributed by atoms with E-state index in [9.17, 15) is 14.4 Å². The highest BCUT2D eigenvalue weighted by atomic mass is 16.3. The fourth-order valence-corrected chi connectivity index (χ4v) is 2.69. The molecule has 0 spiro atoms. The minimum atomic E-state index is -0.361. The highest BCUT2D eigenvalue weighted by Gasteiger charge is 2.35. The normalized spacial score (nSPS) is 13.4. The van der Waals surface area contributed by atoms with E-state index in [4.69, 9.17) is 5.11 Å². The van der Waals surface area contributed by atoms with Crippen LogP contribution in [0.1, 0.15) is 53.8 Å². The van der Waals surface area contributed by atoms with Gasteiger partial charge < -0.3 is 15.7 Å². The third kappa shape index (κ3) is 4.79. The van der Waals surface area contributed by atoms with Gasteiger partial charge in [0.05, 0.1) is 11.1 Å². The van der Waals surface area contributed by atoms with Crippen LogP contribution < -0.4 is 10.6 Å². The zero-order chi connectivity index (χ0) is 18.4. The van der Waals surface area contributed by atoms with E-state index in [0.29, 0.717) is 29.9 Å². The molecule has 1 aliphatic rings. The molecular formula is C18H25N3O4. The first kappa shape index (κ1) is 18.9. The van der Waals surface area contributed by atoms with Crippen LogP contribution in [0.25, 0.3) is 0 Å². The summed E-state index contributed by atoms with van der Waals surface area (Å²) in [7, 11) is 0. The first-order chi connectivity index (χ1) is 11.9. The zero-order valence-corrected chi connectivity index (χ0v) is 14.7. The molecule has 0 radical (unpaired) electrons. The molecule has 25 heavy (non-hydrogen) atoms. The van der Waals surface area contributed by atoms with Crippen LogP contribution in [0.4, 0.5) is 10.5 Å². The SMILES string of the molecule is CC(C)CN1C(=O)c2ccc(NC(=O)NCCCCCO)cc2C1=O. The summed E-state index contributed by atoms with van der Waals surface area (Å²) < 4.78 is 0. The number of carbonyl (C=O) groups is 3. The Labute approximate surface area is 147 Å². The number of benzene rings is 1. The summed E-state index contributed by atoms with van der Waals surface area (Å²) in [4.78, 5) is 37.8. The predicted molar refractivity (Wildman–Crippen MR) is 94.6 cm³/mol. The molecule has 1 heterocycles. The summed E-state index contributed by atoms with van der Waals surface area (Å²) in [5, 5.41) is 14.1. The molecule has 1 aromatic carbocycles. The van der Waals surface area contributed by atoms with Crippen LogP contribution in [-0.2, 0) is 0 Å². The lowest BCUT2D eigenvalue weighted by atomic mass is 10.1. The Morgan fingerprint density at radius 1 is 1.12 bits per heavy atom. The van der Waals surface area contributed by atoms with Crippen LogP contribution in [-0.4, -0.2) is 47.5 Å². The molecule has 0 saturated carbocycles. The summed E-state index contributed by atoms with van der Waals surface area (Å²) in [6.45, 7) is 4.94. The van der Waals surface area contributed by atoms with Crippen LogP contribution >= 0.6 is 0 Å². The Kier molecular flexibility index (Phi) is 6.52. The first-order valence-corrected chi connectivity index (χ1v) is 8.60. The molecule has 0 fully saturated rings. The van der Waals surface area contributed by atoms with Gasteiger partial charge in [0.25, 0.3) is 11.8 Å². The number of urea groups is 1. The first-order valence-electron chi connectivity index (χ1n) is 8.60. The molecule has 2 rings (SSSR count). The number of anilines is 1. The number of imide groups is 1. The van der Waals surface area contributed by atoms with Crippen LogP contribution in [0.15, 0.2) is 18.2 Å². The fraction of sp³-hybridized carbons (Fsp3) is 0.500. The minimum Gasteiger partial charge on any atom is -0.396 e. The van der Waals surface area contributed by atoms with Crippen molar-refractivity contribution in [2.24, 2.45) is 5.92 Å². The van der Waals surface area contributed by atoms with Crippen molar-refractivity contribution < 1.29 is 19.5 Å². The number of rotatable bonds is 8. The number of unbranched alkanes of at least 4 members (excludes halogenated alkanes) is 2. The number of carbonyl (C=O) groups excluding carboxylic acids is 3. The fourth-order valence-electron chi connectivity index (χ4n) is 2.69. The van der Waals surface area contributed by atoms with E-state index in [1.807, 2.05) is 13.8 Å². The number of nitrogens with zero attached hydrogens (tertiary/aromatic N) is 1. The predicted octanol–water partition coefficient (Wildman–Crippen LogP) is 2.22. The van der Waals surface area contributed by atoms with Crippen molar-refractivity contribution in [3.05, 3.63) is 29.3 Å². The molecule has 1 aromatic rings. The van der Waals surface area contributed by atoms with Gasteiger partial charge in [-0.15, -0.1) is 0 Å². The molecule has 3 N–H and O–H groups in total. The average molecular weight is 347 g/mol. The van der Waals surface area contributed by atoms with E-state index in [-0.39, 0.29) is 30.4 Å². The molecule has 0 unspecified atom stereocenters. The summed E-state index contributed by atoms with van der Waals surface area (Å²) in [5.74, 6) is -0.410. The van der Waals surface area contributed by atoms with E-state index < -0.39 is 0 Å². The Hall–Kier alpha value is -2.41. The number of aliphatic hydroxyl groups is 1. The molecule has 0 aliphatic carbocycles. The molecule has 136 valence electrons. The number of hydrogen-bond donors (Lipinski definition) is 3. The lowest BCUT2D eigenvalue weighted by Crippen LogP contribution is -2.33. The van der Waals surface area contributed by atoms with Gasteiger partial charge in [-0.1, -0.05) is 13.8 Å². The smallest absolute Gasteiger partial charge is 0.319 e. The van der Waals surface area contributed by atoms with E-state index >= 15 is 0 Å². The molecular weight excluding hydrogens is 322 g/mol. The molecule has 0 atom stereocenters. The molecule has 0 saturated heterocycles. The number of aliphatic hydroxyl groups excluding tert-OH is 1. The van der Waals surface area contributed by atoms with E-state index in [2.05, 4.69) is 10.6 Å². The quantitative estimate of drug-likeness (QED) is 0.496. The molecule has 7 heteroatoms. The Morgan fingerprint density at radius 2 is 1.84 bits per heavy atom. The Morgan fingerprint density at radius 3 is 2.52 bits per heavy atom. The van der Waals surface area contributed by atoms with Gasteiger partial charge in [0.15, 0.2) is 0 Å². The summed E-state index contributed by atoms with van der Waals surface area (Å²) in [6.07, 6.45) is 2.35. The maximum absolute atomic E-state index is 12.4. The lowest BCUT2D eigenvalue weighted by molar-refractivity contribution is 0.0636. The van der Waals surface area contributed by atoms with Crippen LogP contribution in [0, 0.1) is 5.92 Å². The topological polar surface area (TPSA) is 98.7 Å². The van der Waals surface area contributed by atoms with E-state index in [1.165, 1.54) is 4.90 Å². The van der Waals surface area contributed by atoms with Gasteiger partial charge in [0.1, 0.15) is 0 Å². The van der Waals surface area contributed by atoms with Crippen LogP contribution in [0.2, 0.25) is 0 Å². The molecule has 7 nitrogen and oxygen atoms in total. The monoisotopic (exact) mass is 347 g/mol. The molecule has 0 aromatic heterocycles. The van der Waals surface area contributed by atoms with Crippen molar-refractivity contribution in [1.29, 1.82) is 0 Å². The van der Waals surface area contributed by atoms with Crippen molar-refractivity contribution in [2.75, 3.05) is 25.0 Å². The van der Waals surface area contributed by atoms with Crippen LogP contribution in [0.5, 0.6) is 0 Å². The van der Waals surface area contributed by atoms with Gasteiger partial charge in [0, 0.05) is 25.4 Å². The van der Waals surface area contributed by atoms with Crippen LogP contribution in [0.3, 0.4) is 0 Å². The van der Waals surface area contributed by atoms with Crippen molar-refractivity contribution in [3.63, 3.8) is 0 Å². The lowest BCUT2D eigenvalue weighted by Gasteiger charge is -2.15. The van der Waals surface area contributed by atoms with Crippen molar-refractivity contribution in [2.45, 2.75) is 33.1 Å². The number of amides is 4. The molecule has 1 aliphatic heterocycles. The van der Waals surface area contributed by atoms with Gasteiger partial charge in [0.2, 0.25) is 0 Å².